The molecule has 3 aromatic heterocycles. The molecule has 3 rings (SSSR count). The molecule has 21 heavy (non-hydrogen) atoms. The van der Waals surface area contributed by atoms with Crippen molar-refractivity contribution in [2.24, 2.45) is 0 Å². The van der Waals surface area contributed by atoms with Gasteiger partial charge >= 0.3 is 0 Å². The third-order valence-electron chi connectivity index (χ3n) is 3.42. The number of hydrogen-bond acceptors (Lipinski definition) is 4. The van der Waals surface area contributed by atoms with E-state index in [-0.39, 0.29) is 0 Å². The topological polar surface area (TPSA) is 66.5 Å². The van der Waals surface area contributed by atoms with Crippen LogP contribution in [0.4, 0.5) is 0 Å². The van der Waals surface area contributed by atoms with Crippen LogP contribution in [-0.2, 0) is 13.1 Å². The number of fused-ring (bicyclic) bond motifs is 1. The van der Waals surface area contributed by atoms with Crippen LogP contribution in [0.25, 0.3) is 11.0 Å². The molecular weight excluding hydrogens is 262 g/mol. The van der Waals surface area contributed by atoms with Crippen molar-refractivity contribution in [2.45, 2.75) is 13.1 Å². The molecule has 0 atom stereocenters. The maximum atomic E-state index is 9.15. The van der Waals surface area contributed by atoms with Crippen LogP contribution < -0.4 is 5.32 Å². The minimum absolute atomic E-state index is 0.463. The van der Waals surface area contributed by atoms with Crippen molar-refractivity contribution < 1.29 is 0 Å². The molecule has 1 N–H and O–H groups in total. The number of aromatic nitrogens is 3. The summed E-state index contributed by atoms with van der Waals surface area (Å²) in [4.78, 5) is 8.58. The zero-order valence-corrected chi connectivity index (χ0v) is 11.7. The Kier molecular flexibility index (Phi) is 3.63. The number of hydrogen-bond donors (Lipinski definition) is 1. The van der Waals surface area contributed by atoms with Crippen molar-refractivity contribution in [1.29, 1.82) is 5.26 Å². The van der Waals surface area contributed by atoms with Crippen molar-refractivity contribution >= 4 is 11.0 Å². The fourth-order valence-electron chi connectivity index (χ4n) is 2.50. The molecule has 5 nitrogen and oxygen atoms in total. The summed E-state index contributed by atoms with van der Waals surface area (Å²) in [7, 11) is 1.93. The Bertz CT molecular complexity index is 813. The maximum Gasteiger partial charge on any atom is 0.145 e. The van der Waals surface area contributed by atoms with Gasteiger partial charge in [0.25, 0.3) is 0 Å². The Balaban J connectivity index is 2.07. The molecule has 0 saturated carbocycles. The molecule has 3 aromatic rings. The quantitative estimate of drug-likeness (QED) is 0.792. The van der Waals surface area contributed by atoms with Gasteiger partial charge in [0.05, 0.1) is 6.54 Å². The van der Waals surface area contributed by atoms with Gasteiger partial charge < -0.3 is 9.88 Å². The second kappa shape index (κ2) is 5.73. The first kappa shape index (κ1) is 13.3. The van der Waals surface area contributed by atoms with Gasteiger partial charge in [0, 0.05) is 36.1 Å². The third kappa shape index (κ3) is 2.49. The van der Waals surface area contributed by atoms with E-state index >= 15 is 0 Å². The van der Waals surface area contributed by atoms with Crippen LogP contribution in [-0.4, -0.2) is 21.6 Å². The van der Waals surface area contributed by atoms with E-state index in [1.165, 1.54) is 5.56 Å². The smallest absolute Gasteiger partial charge is 0.145 e. The number of nitrogens with zero attached hydrogens (tertiary/aromatic N) is 4. The van der Waals surface area contributed by atoms with Crippen LogP contribution in [0, 0.1) is 11.3 Å². The van der Waals surface area contributed by atoms with E-state index in [9.17, 15) is 0 Å². The van der Waals surface area contributed by atoms with Crippen LogP contribution >= 0.6 is 0 Å². The molecule has 0 bridgehead atoms. The van der Waals surface area contributed by atoms with Crippen LogP contribution in [0.2, 0.25) is 0 Å². The first-order valence-electron chi connectivity index (χ1n) is 6.75. The summed E-state index contributed by atoms with van der Waals surface area (Å²) in [5.74, 6) is 0. The van der Waals surface area contributed by atoms with Crippen LogP contribution in [0.15, 0.2) is 42.9 Å². The summed E-state index contributed by atoms with van der Waals surface area (Å²) in [6.45, 7) is 1.38. The summed E-state index contributed by atoms with van der Waals surface area (Å²) in [5, 5.41) is 13.5. The standard InChI is InChI=1S/C16H15N5/c1-18-9-13-11-21(16-14(13)5-3-7-20-16)10-12-4-2-6-19-15(12)8-17/h2-7,11,18H,9-10H2,1H3. The zero-order valence-electron chi connectivity index (χ0n) is 11.7. The fourth-order valence-corrected chi connectivity index (χ4v) is 2.50. The van der Waals surface area contributed by atoms with Gasteiger partial charge in [0.15, 0.2) is 0 Å². The van der Waals surface area contributed by atoms with Gasteiger partial charge in [0.2, 0.25) is 0 Å². The zero-order chi connectivity index (χ0) is 14.7. The molecule has 0 fully saturated rings. The molecule has 0 radical (unpaired) electrons. The molecular formula is C16H15N5. The third-order valence-corrected chi connectivity index (χ3v) is 3.42. The lowest BCUT2D eigenvalue weighted by atomic mass is 10.2. The highest BCUT2D eigenvalue weighted by Crippen LogP contribution is 2.21. The Morgan fingerprint density at radius 1 is 1.19 bits per heavy atom. The summed E-state index contributed by atoms with van der Waals surface area (Å²) in [6.07, 6.45) is 5.51. The SMILES string of the molecule is CNCc1cn(Cc2cccnc2C#N)c2ncccc12. The molecule has 0 aliphatic carbocycles. The maximum absolute atomic E-state index is 9.15. The lowest BCUT2D eigenvalue weighted by Crippen LogP contribution is -2.05. The van der Waals surface area contributed by atoms with Gasteiger partial charge in [-0.3, -0.25) is 0 Å². The molecule has 104 valence electrons. The highest BCUT2D eigenvalue weighted by Gasteiger charge is 2.10. The Labute approximate surface area is 122 Å². The van der Waals surface area contributed by atoms with Gasteiger partial charge in [0.1, 0.15) is 17.4 Å². The van der Waals surface area contributed by atoms with Gasteiger partial charge in [-0.05, 0) is 30.8 Å². The number of rotatable bonds is 4. The predicted octanol–water partition coefficient (Wildman–Crippen LogP) is 2.07. The Morgan fingerprint density at radius 3 is 2.81 bits per heavy atom. The van der Waals surface area contributed by atoms with E-state index in [0.29, 0.717) is 12.2 Å². The van der Waals surface area contributed by atoms with Crippen molar-refractivity contribution in [3.63, 3.8) is 0 Å². The highest BCUT2D eigenvalue weighted by atomic mass is 15.0. The Morgan fingerprint density at radius 2 is 2.00 bits per heavy atom. The van der Waals surface area contributed by atoms with Crippen molar-refractivity contribution in [1.82, 2.24) is 19.9 Å². The number of nitriles is 1. The van der Waals surface area contributed by atoms with E-state index in [4.69, 9.17) is 5.26 Å². The van der Waals surface area contributed by atoms with E-state index in [1.54, 1.807) is 12.4 Å². The second-order valence-electron chi connectivity index (χ2n) is 4.81. The van der Waals surface area contributed by atoms with E-state index in [0.717, 1.165) is 23.1 Å². The van der Waals surface area contributed by atoms with E-state index in [1.807, 2.05) is 25.2 Å². The molecule has 0 aliphatic rings. The Hall–Kier alpha value is -2.71. The van der Waals surface area contributed by atoms with Gasteiger partial charge in [-0.15, -0.1) is 0 Å². The summed E-state index contributed by atoms with van der Waals surface area (Å²) in [5.41, 5.74) is 3.49. The first-order chi connectivity index (χ1) is 10.3. The summed E-state index contributed by atoms with van der Waals surface area (Å²) in [6, 6.07) is 9.93. The monoisotopic (exact) mass is 277 g/mol. The van der Waals surface area contributed by atoms with Crippen LogP contribution in [0.5, 0.6) is 0 Å². The molecule has 0 spiro atoms. The van der Waals surface area contributed by atoms with Gasteiger partial charge in [-0.25, -0.2) is 9.97 Å². The number of pyridine rings is 2. The molecule has 0 unspecified atom stereocenters. The lowest BCUT2D eigenvalue weighted by molar-refractivity contribution is 0.788. The molecule has 5 heteroatoms. The average molecular weight is 277 g/mol. The van der Waals surface area contributed by atoms with Gasteiger partial charge in [-0.1, -0.05) is 6.07 Å². The average Bonchev–Trinajstić information content (AvgIpc) is 2.87. The number of nitrogens with one attached hydrogen (secondary N) is 1. The van der Waals surface area contributed by atoms with E-state index in [2.05, 4.69) is 38.2 Å². The van der Waals surface area contributed by atoms with Crippen molar-refractivity contribution in [3.05, 3.63) is 59.7 Å². The second-order valence-corrected chi connectivity index (χ2v) is 4.81. The molecule has 0 aliphatic heterocycles. The summed E-state index contributed by atoms with van der Waals surface area (Å²) >= 11 is 0. The van der Waals surface area contributed by atoms with Crippen LogP contribution in [0.1, 0.15) is 16.8 Å². The van der Waals surface area contributed by atoms with Gasteiger partial charge in [-0.2, -0.15) is 5.26 Å². The van der Waals surface area contributed by atoms with Crippen molar-refractivity contribution in [2.75, 3.05) is 7.05 Å². The molecule has 3 heterocycles. The van der Waals surface area contributed by atoms with Crippen molar-refractivity contribution in [3.8, 4) is 6.07 Å². The molecule has 0 amide bonds. The predicted molar refractivity (Wildman–Crippen MR) is 80.6 cm³/mol. The lowest BCUT2D eigenvalue weighted by Gasteiger charge is -2.05. The minimum atomic E-state index is 0.463. The molecule has 0 saturated heterocycles. The largest absolute Gasteiger partial charge is 0.328 e. The molecule has 0 aromatic carbocycles. The van der Waals surface area contributed by atoms with Crippen LogP contribution in [0.3, 0.4) is 0 Å². The highest BCUT2D eigenvalue weighted by molar-refractivity contribution is 5.80. The van der Waals surface area contributed by atoms with E-state index < -0.39 is 0 Å². The first-order valence-corrected chi connectivity index (χ1v) is 6.75. The fraction of sp³-hybridized carbons (Fsp3) is 0.188. The normalized spacial score (nSPS) is 10.7. The summed E-state index contributed by atoms with van der Waals surface area (Å²) < 4.78 is 2.07. The minimum Gasteiger partial charge on any atom is -0.328 e.